The van der Waals surface area contributed by atoms with Crippen LogP contribution in [0.2, 0.25) is 0 Å². The molecule has 0 unspecified atom stereocenters. The van der Waals surface area contributed by atoms with Gasteiger partial charge in [-0.1, -0.05) is 6.07 Å². The molecule has 0 spiro atoms. The molecule has 0 saturated heterocycles. The van der Waals surface area contributed by atoms with Crippen LogP contribution in [0.4, 0.5) is 4.79 Å². The predicted molar refractivity (Wildman–Crippen MR) is 58.3 cm³/mol. The van der Waals surface area contributed by atoms with E-state index in [2.05, 4.69) is 0 Å². The average molecular weight is 240 g/mol. The molecule has 0 amide bonds. The molecule has 1 N–H and O–H groups in total. The molecule has 1 aromatic carbocycles. The van der Waals surface area contributed by atoms with E-state index in [4.69, 9.17) is 5.11 Å². The van der Waals surface area contributed by atoms with Gasteiger partial charge in [-0.25, -0.2) is 13.2 Å². The molecular weight excluding hydrogens is 228 g/mol. The molecule has 0 aromatic heterocycles. The highest BCUT2D eigenvalue weighted by atomic mass is 32.2. The van der Waals surface area contributed by atoms with Crippen molar-refractivity contribution >= 4 is 15.1 Å². The summed E-state index contributed by atoms with van der Waals surface area (Å²) in [6, 6.07) is 4.61. The van der Waals surface area contributed by atoms with Crippen molar-refractivity contribution in [2.75, 3.05) is 0 Å². The number of carbonyl (C=O) groups is 1. The Morgan fingerprint density at radius 2 is 1.75 bits per heavy atom. The minimum Gasteiger partial charge on any atom is -0.469 e. The van der Waals surface area contributed by atoms with E-state index >= 15 is 0 Å². The third-order valence-corrected chi connectivity index (χ3v) is 4.19. The summed E-state index contributed by atoms with van der Waals surface area (Å²) in [5, 5.41) is 6.82. The Labute approximate surface area is 93.8 Å². The van der Waals surface area contributed by atoms with Crippen molar-refractivity contribution in [1.29, 1.82) is 0 Å². The number of carboxylic acid groups (broad SMARTS) is 1. The maximum Gasteiger partial charge on any atom is 0.427 e. The Morgan fingerprint density at radius 1 is 1.12 bits per heavy atom. The van der Waals surface area contributed by atoms with E-state index in [1.165, 1.54) is 12.1 Å². The molecule has 0 fully saturated rings. The van der Waals surface area contributed by atoms with Crippen molar-refractivity contribution in [2.45, 2.75) is 30.6 Å². The smallest absolute Gasteiger partial charge is 0.427 e. The van der Waals surface area contributed by atoms with Crippen LogP contribution in [-0.4, -0.2) is 18.8 Å². The van der Waals surface area contributed by atoms with Gasteiger partial charge >= 0.3 is 5.30 Å². The number of benzene rings is 1. The van der Waals surface area contributed by atoms with Crippen LogP contribution in [0.3, 0.4) is 0 Å². The van der Waals surface area contributed by atoms with E-state index in [1.54, 1.807) is 6.07 Å². The van der Waals surface area contributed by atoms with Crippen molar-refractivity contribution < 1.29 is 18.3 Å². The van der Waals surface area contributed by atoms with Gasteiger partial charge < -0.3 is 5.11 Å². The van der Waals surface area contributed by atoms with Crippen LogP contribution < -0.4 is 0 Å². The monoisotopic (exact) mass is 240 g/mol. The fraction of sp³-hybridized carbons (Fsp3) is 0.364. The lowest BCUT2D eigenvalue weighted by atomic mass is 9.92. The summed E-state index contributed by atoms with van der Waals surface area (Å²) in [4.78, 5) is 10.5. The van der Waals surface area contributed by atoms with Crippen molar-refractivity contribution in [3.63, 3.8) is 0 Å². The van der Waals surface area contributed by atoms with Crippen LogP contribution >= 0.6 is 0 Å². The molecule has 86 valence electrons. The Morgan fingerprint density at radius 3 is 2.38 bits per heavy atom. The van der Waals surface area contributed by atoms with Crippen molar-refractivity contribution in [2.24, 2.45) is 0 Å². The van der Waals surface area contributed by atoms with Crippen LogP contribution in [0, 0.1) is 0 Å². The van der Waals surface area contributed by atoms with Gasteiger partial charge in [0.15, 0.2) is 0 Å². The summed E-state index contributed by atoms with van der Waals surface area (Å²) < 4.78 is 22.8. The van der Waals surface area contributed by atoms with Crippen molar-refractivity contribution in [3.05, 3.63) is 29.3 Å². The zero-order chi connectivity index (χ0) is 11.8. The maximum absolute atomic E-state index is 11.4. The first kappa shape index (κ1) is 11.1. The molecule has 0 bridgehead atoms. The molecule has 2 rings (SSSR count). The third-order valence-electron chi connectivity index (χ3n) is 2.86. The third kappa shape index (κ3) is 1.82. The first-order chi connectivity index (χ1) is 7.51. The molecule has 16 heavy (non-hydrogen) atoms. The Hall–Kier alpha value is -1.36. The number of fused-ring (bicyclic) bond motifs is 1. The lowest BCUT2D eigenvalue weighted by Gasteiger charge is -2.15. The molecule has 0 radical (unpaired) electrons. The summed E-state index contributed by atoms with van der Waals surface area (Å²) >= 11 is 0. The Bertz CT molecular complexity index is 531. The second-order valence-electron chi connectivity index (χ2n) is 3.91. The SMILES string of the molecule is O=C(O)S(=O)(=O)c1ccc2c(c1)CCCC2. The molecule has 0 heterocycles. The highest BCUT2D eigenvalue weighted by Gasteiger charge is 2.24. The van der Waals surface area contributed by atoms with Gasteiger partial charge in [0, 0.05) is 0 Å². The van der Waals surface area contributed by atoms with Gasteiger partial charge in [-0.3, -0.25) is 0 Å². The second-order valence-corrected chi connectivity index (χ2v) is 5.73. The van der Waals surface area contributed by atoms with Crippen LogP contribution in [0.15, 0.2) is 23.1 Å². The molecule has 0 aliphatic heterocycles. The Kier molecular flexibility index (Phi) is 2.71. The number of aryl methyl sites for hydroxylation is 2. The quantitative estimate of drug-likeness (QED) is 0.815. The van der Waals surface area contributed by atoms with E-state index in [9.17, 15) is 13.2 Å². The van der Waals surface area contributed by atoms with Crippen LogP contribution in [0.5, 0.6) is 0 Å². The largest absolute Gasteiger partial charge is 0.469 e. The van der Waals surface area contributed by atoms with Gasteiger partial charge in [-0.15, -0.1) is 0 Å². The molecule has 1 aromatic rings. The number of hydrogen-bond donors (Lipinski definition) is 1. The van der Waals surface area contributed by atoms with Crippen LogP contribution in [0.1, 0.15) is 24.0 Å². The number of rotatable bonds is 1. The standard InChI is InChI=1S/C11H12O4S/c12-11(13)16(14,15)10-6-5-8-3-1-2-4-9(8)7-10/h5-7H,1-4H2,(H,12,13). The molecule has 1 aliphatic carbocycles. The molecule has 4 nitrogen and oxygen atoms in total. The molecule has 0 saturated carbocycles. The van der Waals surface area contributed by atoms with Gasteiger partial charge in [0.1, 0.15) is 0 Å². The fourth-order valence-corrected chi connectivity index (χ4v) is 2.72. The van der Waals surface area contributed by atoms with Crippen LogP contribution in [0.25, 0.3) is 0 Å². The van der Waals surface area contributed by atoms with E-state index in [1.807, 2.05) is 0 Å². The Balaban J connectivity index is 2.49. The average Bonchev–Trinajstić information content (AvgIpc) is 2.28. The van der Waals surface area contributed by atoms with Gasteiger partial charge in [-0.2, -0.15) is 0 Å². The van der Waals surface area contributed by atoms with Crippen LogP contribution in [-0.2, 0) is 22.7 Å². The lowest BCUT2D eigenvalue weighted by molar-refractivity contribution is 0.219. The summed E-state index contributed by atoms with van der Waals surface area (Å²) in [6.07, 6.45) is 3.92. The van der Waals surface area contributed by atoms with Gasteiger partial charge in [-0.05, 0) is 48.9 Å². The minimum atomic E-state index is -4.19. The van der Waals surface area contributed by atoms with Crippen molar-refractivity contribution in [1.82, 2.24) is 0 Å². The normalized spacial score (nSPS) is 15.5. The van der Waals surface area contributed by atoms with E-state index in [-0.39, 0.29) is 4.90 Å². The topological polar surface area (TPSA) is 71.4 Å². The van der Waals surface area contributed by atoms with Gasteiger partial charge in [0.2, 0.25) is 0 Å². The van der Waals surface area contributed by atoms with E-state index in [0.717, 1.165) is 36.8 Å². The first-order valence-corrected chi connectivity index (χ1v) is 6.60. The number of sulfone groups is 1. The summed E-state index contributed by atoms with van der Waals surface area (Å²) in [6.45, 7) is 0. The molecule has 1 aliphatic rings. The zero-order valence-electron chi connectivity index (χ0n) is 8.64. The zero-order valence-corrected chi connectivity index (χ0v) is 9.46. The molecular formula is C11H12O4S. The van der Waals surface area contributed by atoms with Gasteiger partial charge in [0.25, 0.3) is 9.84 Å². The van der Waals surface area contributed by atoms with Gasteiger partial charge in [0.05, 0.1) is 4.90 Å². The summed E-state index contributed by atoms with van der Waals surface area (Å²) in [5.41, 5.74) is 2.10. The highest BCUT2D eigenvalue weighted by molar-refractivity contribution is 8.05. The maximum atomic E-state index is 11.4. The lowest BCUT2D eigenvalue weighted by Crippen LogP contribution is -2.13. The summed E-state index contributed by atoms with van der Waals surface area (Å²) in [5.74, 6) is 0. The number of hydrogen-bond acceptors (Lipinski definition) is 3. The predicted octanol–water partition coefficient (Wildman–Crippen LogP) is 2.02. The van der Waals surface area contributed by atoms with E-state index < -0.39 is 15.1 Å². The first-order valence-electron chi connectivity index (χ1n) is 5.11. The van der Waals surface area contributed by atoms with Crippen molar-refractivity contribution in [3.8, 4) is 0 Å². The summed E-state index contributed by atoms with van der Waals surface area (Å²) in [7, 11) is -4.19. The highest BCUT2D eigenvalue weighted by Crippen LogP contribution is 2.24. The molecule has 0 atom stereocenters. The minimum absolute atomic E-state index is 0.111. The second kappa shape index (κ2) is 3.90. The molecule has 5 heteroatoms. The fourth-order valence-electron chi connectivity index (χ4n) is 1.98. The van der Waals surface area contributed by atoms with E-state index in [0.29, 0.717) is 0 Å².